The predicted octanol–water partition coefficient (Wildman–Crippen LogP) is 1.55. The summed E-state index contributed by atoms with van der Waals surface area (Å²) in [5, 5.41) is 10.3. The molecule has 1 heterocycles. The Kier molecular flexibility index (Phi) is 6.56. The van der Waals surface area contributed by atoms with Crippen molar-refractivity contribution in [3.63, 3.8) is 0 Å². The molecule has 156 valence electrons. The number of aliphatic hydroxyl groups is 1. The zero-order valence-corrected chi connectivity index (χ0v) is 17.3. The fourth-order valence-corrected chi connectivity index (χ4v) is 5.38. The molecule has 1 aliphatic rings. The van der Waals surface area contributed by atoms with Crippen LogP contribution in [0.4, 0.5) is 0 Å². The minimum absolute atomic E-state index is 0.0262. The molecule has 2 atom stereocenters. The quantitative estimate of drug-likeness (QED) is 0.649. The molecule has 7 nitrogen and oxygen atoms in total. The zero-order chi connectivity index (χ0) is 21.0. The summed E-state index contributed by atoms with van der Waals surface area (Å²) < 4.78 is 34.5. The maximum atomic E-state index is 13.0. The van der Waals surface area contributed by atoms with E-state index in [-0.39, 0.29) is 23.8 Å². The molecular weight excluding hydrogens is 394 g/mol. The first-order chi connectivity index (χ1) is 13.8. The van der Waals surface area contributed by atoms with Crippen molar-refractivity contribution in [3.8, 4) is 11.5 Å². The number of hydrogen-bond acceptors (Lipinski definition) is 7. The van der Waals surface area contributed by atoms with E-state index in [1.807, 2.05) is 30.3 Å². The van der Waals surface area contributed by atoms with Gasteiger partial charge in [-0.2, -0.15) is 0 Å². The number of ether oxygens (including phenoxy) is 2. The average Bonchev–Trinajstić information content (AvgIpc) is 2.99. The van der Waals surface area contributed by atoms with Crippen LogP contribution >= 0.6 is 0 Å². The molecule has 0 radical (unpaired) electrons. The molecule has 0 bridgehead atoms. The van der Waals surface area contributed by atoms with Gasteiger partial charge in [0.05, 0.1) is 44.4 Å². The van der Waals surface area contributed by atoms with Gasteiger partial charge >= 0.3 is 0 Å². The smallest absolute Gasteiger partial charge is 0.176 e. The number of sulfone groups is 1. The Labute approximate surface area is 170 Å². The third-order valence-electron chi connectivity index (χ3n) is 5.04. The summed E-state index contributed by atoms with van der Waals surface area (Å²) >= 11 is 0. The van der Waals surface area contributed by atoms with E-state index in [0.29, 0.717) is 23.6 Å². The zero-order valence-electron chi connectivity index (χ0n) is 16.4. The molecule has 8 heteroatoms. The molecule has 0 spiro atoms. The first-order valence-electron chi connectivity index (χ1n) is 9.24. The van der Waals surface area contributed by atoms with Crippen LogP contribution in [0.25, 0.3) is 0 Å². The van der Waals surface area contributed by atoms with E-state index >= 15 is 0 Å². The van der Waals surface area contributed by atoms with Gasteiger partial charge in [-0.25, -0.2) is 8.42 Å². The summed E-state index contributed by atoms with van der Waals surface area (Å²) in [6, 6.07) is 13.7. The lowest BCUT2D eigenvalue weighted by atomic mass is 10.1. The molecule has 1 N–H and O–H groups in total. The summed E-state index contributed by atoms with van der Waals surface area (Å²) in [5.41, 5.74) is 1.36. The molecule has 1 saturated heterocycles. The number of rotatable bonds is 8. The Hall–Kier alpha value is -2.42. The molecular formula is C21H25NO6S. The van der Waals surface area contributed by atoms with Crippen molar-refractivity contribution in [1.82, 2.24) is 4.90 Å². The molecule has 2 aromatic rings. The van der Waals surface area contributed by atoms with Gasteiger partial charge in [-0.1, -0.05) is 30.3 Å². The number of benzene rings is 2. The highest BCUT2D eigenvalue weighted by atomic mass is 32.2. The van der Waals surface area contributed by atoms with Gasteiger partial charge < -0.3 is 14.6 Å². The number of carbonyl (C=O) groups is 1. The van der Waals surface area contributed by atoms with Gasteiger partial charge in [-0.05, 0) is 23.8 Å². The number of nitrogens with zero attached hydrogens (tertiary/aromatic N) is 1. The van der Waals surface area contributed by atoms with E-state index in [0.717, 1.165) is 5.56 Å². The highest BCUT2D eigenvalue weighted by molar-refractivity contribution is 7.91. The highest BCUT2D eigenvalue weighted by Gasteiger charge is 2.40. The molecule has 29 heavy (non-hydrogen) atoms. The van der Waals surface area contributed by atoms with Gasteiger partial charge in [0.15, 0.2) is 27.1 Å². The topological polar surface area (TPSA) is 93.1 Å². The largest absolute Gasteiger partial charge is 0.493 e. The first-order valence-corrected chi connectivity index (χ1v) is 11.1. The second-order valence-corrected chi connectivity index (χ2v) is 9.25. The summed E-state index contributed by atoms with van der Waals surface area (Å²) in [5.74, 6) is 0.311. The fraction of sp³-hybridized carbons (Fsp3) is 0.381. The highest BCUT2D eigenvalue weighted by Crippen LogP contribution is 2.28. The van der Waals surface area contributed by atoms with Crippen molar-refractivity contribution >= 4 is 15.6 Å². The predicted molar refractivity (Wildman–Crippen MR) is 109 cm³/mol. The van der Waals surface area contributed by atoms with Gasteiger partial charge in [0.25, 0.3) is 0 Å². The van der Waals surface area contributed by atoms with Crippen molar-refractivity contribution in [2.45, 2.75) is 18.7 Å². The van der Waals surface area contributed by atoms with E-state index < -0.39 is 22.0 Å². The fourth-order valence-electron chi connectivity index (χ4n) is 3.55. The van der Waals surface area contributed by atoms with Gasteiger partial charge in [-0.3, -0.25) is 9.69 Å². The van der Waals surface area contributed by atoms with Gasteiger partial charge in [0.1, 0.15) is 0 Å². The van der Waals surface area contributed by atoms with Crippen molar-refractivity contribution in [3.05, 3.63) is 59.7 Å². The standard InChI is InChI=1S/C21H25NO6S/c1-27-20-9-8-16(10-21(20)28-2)18(23)12-22(11-15-6-4-3-5-7-15)17-13-29(25,26)14-19(17)24/h3-10,17,19,24H,11-14H2,1-2H3/t17-,19+/m0/s1. The number of methoxy groups -OCH3 is 2. The van der Waals surface area contributed by atoms with Gasteiger partial charge in [-0.15, -0.1) is 0 Å². The second-order valence-electron chi connectivity index (χ2n) is 7.10. The third kappa shape index (κ3) is 5.14. The molecule has 2 aromatic carbocycles. The maximum absolute atomic E-state index is 13.0. The minimum Gasteiger partial charge on any atom is -0.493 e. The van der Waals surface area contributed by atoms with Crippen molar-refractivity contribution in [1.29, 1.82) is 0 Å². The summed E-state index contributed by atoms with van der Waals surface area (Å²) in [7, 11) is -0.331. The molecule has 3 rings (SSSR count). The maximum Gasteiger partial charge on any atom is 0.176 e. The first kappa shape index (κ1) is 21.3. The van der Waals surface area contributed by atoms with Crippen LogP contribution in [0.2, 0.25) is 0 Å². The Morgan fingerprint density at radius 3 is 2.34 bits per heavy atom. The van der Waals surface area contributed by atoms with E-state index in [2.05, 4.69) is 0 Å². The summed E-state index contributed by atoms with van der Waals surface area (Å²) in [6.07, 6.45) is -1.03. The number of carbonyl (C=O) groups excluding carboxylic acids is 1. The molecule has 0 saturated carbocycles. The lowest BCUT2D eigenvalue weighted by molar-refractivity contribution is 0.0665. The van der Waals surface area contributed by atoms with Crippen LogP contribution in [0.1, 0.15) is 15.9 Å². The van der Waals surface area contributed by atoms with Crippen LogP contribution in [0.3, 0.4) is 0 Å². The molecule has 0 aliphatic carbocycles. The third-order valence-corrected chi connectivity index (χ3v) is 6.74. The number of ketones is 1. The van der Waals surface area contributed by atoms with Crippen molar-refractivity contribution < 1.29 is 27.8 Å². The van der Waals surface area contributed by atoms with Crippen molar-refractivity contribution in [2.24, 2.45) is 0 Å². The second kappa shape index (κ2) is 8.94. The molecule has 0 aromatic heterocycles. The lowest BCUT2D eigenvalue weighted by Gasteiger charge is -2.29. The van der Waals surface area contributed by atoms with E-state index in [4.69, 9.17) is 9.47 Å². The summed E-state index contributed by atoms with van der Waals surface area (Å²) in [6.45, 7) is 0.332. The molecule has 1 fully saturated rings. The van der Waals surface area contributed by atoms with Crippen LogP contribution in [0.5, 0.6) is 11.5 Å². The van der Waals surface area contributed by atoms with Crippen LogP contribution in [-0.2, 0) is 16.4 Å². The number of aliphatic hydroxyl groups excluding tert-OH is 1. The monoisotopic (exact) mass is 419 g/mol. The lowest BCUT2D eigenvalue weighted by Crippen LogP contribution is -2.45. The Morgan fingerprint density at radius 2 is 1.76 bits per heavy atom. The van der Waals surface area contributed by atoms with Crippen molar-refractivity contribution in [2.75, 3.05) is 32.3 Å². The van der Waals surface area contributed by atoms with E-state index in [1.54, 1.807) is 23.1 Å². The van der Waals surface area contributed by atoms with Crippen LogP contribution < -0.4 is 9.47 Å². The average molecular weight is 419 g/mol. The molecule has 0 unspecified atom stereocenters. The number of Topliss-reactive ketones (excluding diaryl/α,β-unsaturated/α-hetero) is 1. The van der Waals surface area contributed by atoms with Gasteiger partial charge in [0, 0.05) is 12.1 Å². The molecule has 0 amide bonds. The Bertz CT molecular complexity index is 960. The van der Waals surface area contributed by atoms with Gasteiger partial charge in [0.2, 0.25) is 0 Å². The Balaban J connectivity index is 1.85. The van der Waals surface area contributed by atoms with Crippen LogP contribution in [0.15, 0.2) is 48.5 Å². The molecule has 1 aliphatic heterocycles. The van der Waals surface area contributed by atoms with Crippen LogP contribution in [0, 0.1) is 0 Å². The summed E-state index contributed by atoms with van der Waals surface area (Å²) in [4.78, 5) is 14.7. The van der Waals surface area contributed by atoms with E-state index in [9.17, 15) is 18.3 Å². The Morgan fingerprint density at radius 1 is 1.07 bits per heavy atom. The normalized spacial score (nSPS) is 20.6. The SMILES string of the molecule is COc1ccc(C(=O)CN(Cc2ccccc2)[C@H]2CS(=O)(=O)C[C@H]2O)cc1OC. The number of hydrogen-bond donors (Lipinski definition) is 1. The van der Waals surface area contributed by atoms with E-state index in [1.165, 1.54) is 14.2 Å². The minimum atomic E-state index is -3.34. The van der Waals surface area contributed by atoms with Crippen LogP contribution in [-0.4, -0.2) is 68.6 Å².